The van der Waals surface area contributed by atoms with Gasteiger partial charge in [-0.05, 0) is 74.9 Å². The molecular weight excluding hydrogens is 605 g/mol. The first-order valence-electron chi connectivity index (χ1n) is 14.5. The molecule has 0 bridgehead atoms. The molecule has 2 aliphatic carbocycles. The molecule has 1 aliphatic heterocycles. The monoisotopic (exact) mass is 635 g/mol. The van der Waals surface area contributed by atoms with Crippen LogP contribution in [0.5, 0.6) is 11.5 Å². The first-order valence-corrected chi connectivity index (χ1v) is 15.3. The number of hydrogen-bond donors (Lipinski definition) is 3. The van der Waals surface area contributed by atoms with Crippen molar-refractivity contribution < 1.29 is 24.2 Å². The topological polar surface area (TPSA) is 142 Å². The van der Waals surface area contributed by atoms with Gasteiger partial charge in [0, 0.05) is 33.3 Å². The largest absolute Gasteiger partial charge is 0.494 e. The van der Waals surface area contributed by atoms with Crippen LogP contribution in [0.15, 0.2) is 42.6 Å². The molecule has 2 fully saturated rings. The molecule has 0 radical (unpaired) electrons. The molecule has 0 saturated heterocycles. The highest BCUT2D eigenvalue weighted by Gasteiger charge is 2.50. The molecule has 3 aliphatic rings. The van der Waals surface area contributed by atoms with Gasteiger partial charge in [0.15, 0.2) is 0 Å². The lowest BCUT2D eigenvalue weighted by atomic mass is 9.81. The van der Waals surface area contributed by atoms with Gasteiger partial charge < -0.3 is 25.6 Å². The lowest BCUT2D eigenvalue weighted by Crippen LogP contribution is -2.44. The zero-order valence-electron chi connectivity index (χ0n) is 24.2. The van der Waals surface area contributed by atoms with Crippen LogP contribution in [-0.2, 0) is 15.8 Å². The number of methoxy groups -OCH3 is 1. The van der Waals surface area contributed by atoms with Crippen LogP contribution in [0.3, 0.4) is 0 Å². The highest BCUT2D eigenvalue weighted by Crippen LogP contribution is 2.50. The Morgan fingerprint density at radius 3 is 2.64 bits per heavy atom. The van der Waals surface area contributed by atoms with Gasteiger partial charge in [-0.3, -0.25) is 14.3 Å². The van der Waals surface area contributed by atoms with Crippen molar-refractivity contribution in [3.05, 3.63) is 69.5 Å². The van der Waals surface area contributed by atoms with E-state index >= 15 is 0 Å². The number of carbonyl (C=O) groups is 2. The lowest BCUT2D eigenvalue weighted by molar-refractivity contribution is -0.123. The molecule has 228 valence electrons. The Morgan fingerprint density at radius 2 is 1.98 bits per heavy atom. The molecule has 4 aromatic rings. The van der Waals surface area contributed by atoms with Crippen LogP contribution in [0.2, 0.25) is 10.0 Å². The molecule has 1 unspecified atom stereocenters. The van der Waals surface area contributed by atoms with Crippen LogP contribution in [0.25, 0.3) is 22.2 Å². The van der Waals surface area contributed by atoms with Crippen molar-refractivity contribution in [2.45, 2.75) is 49.7 Å². The molecule has 3 heterocycles. The van der Waals surface area contributed by atoms with E-state index in [4.69, 9.17) is 43.4 Å². The maximum absolute atomic E-state index is 13.5. The summed E-state index contributed by atoms with van der Waals surface area (Å²) in [7, 11) is 1.55. The Kier molecular flexibility index (Phi) is 6.80. The molecule has 4 N–H and O–H groups in total. The average Bonchev–Trinajstić information content (AvgIpc) is 3.94. The molecule has 2 amide bonds. The second kappa shape index (κ2) is 10.4. The summed E-state index contributed by atoms with van der Waals surface area (Å²) in [4.78, 5) is 31.1. The number of fused-ring (bicyclic) bond motifs is 2. The first kappa shape index (κ1) is 28.9. The number of aliphatic hydroxyl groups is 1. The number of nitrogens with zero attached hydrogens (tertiary/aromatic N) is 3. The van der Waals surface area contributed by atoms with E-state index in [0.717, 1.165) is 31.1 Å². The molecule has 12 heteroatoms. The fourth-order valence-corrected chi connectivity index (χ4v) is 6.43. The molecule has 2 aromatic carbocycles. The maximum Gasteiger partial charge on any atom is 0.251 e. The van der Waals surface area contributed by atoms with Gasteiger partial charge in [0.1, 0.15) is 40.3 Å². The van der Waals surface area contributed by atoms with Gasteiger partial charge >= 0.3 is 0 Å². The molecule has 44 heavy (non-hydrogen) atoms. The number of rotatable bonds is 9. The summed E-state index contributed by atoms with van der Waals surface area (Å²) in [6, 6.07) is 10.5. The number of amides is 2. The first-order chi connectivity index (χ1) is 21.0. The number of primary amides is 1. The molecule has 0 spiro atoms. The maximum atomic E-state index is 13.5. The predicted molar refractivity (Wildman–Crippen MR) is 165 cm³/mol. The number of nitrogens with one attached hydrogen (secondary N) is 1. The van der Waals surface area contributed by atoms with Crippen molar-refractivity contribution in [2.75, 3.05) is 20.3 Å². The molecular formula is C32H31Cl2N5O5. The molecule has 7 rings (SSSR count). The van der Waals surface area contributed by atoms with Crippen molar-refractivity contribution in [1.29, 1.82) is 0 Å². The quantitative estimate of drug-likeness (QED) is 0.237. The lowest BCUT2D eigenvalue weighted by Gasteiger charge is -2.30. The SMILES string of the molecule is COc1cc(C(=O)NCC(O)(c2cc3c(c(-c4ccc(Cl)cc4Cl)n2)OC[C@]3(C)C(N)=O)C2CC2)cc2cn(C3CC3)nc12. The average molecular weight is 637 g/mol. The van der Waals surface area contributed by atoms with E-state index in [-0.39, 0.29) is 30.7 Å². The molecule has 2 atom stereocenters. The summed E-state index contributed by atoms with van der Waals surface area (Å²) >= 11 is 12.8. The summed E-state index contributed by atoms with van der Waals surface area (Å²) in [5, 5.41) is 21.4. The summed E-state index contributed by atoms with van der Waals surface area (Å²) < 4.78 is 13.5. The zero-order valence-corrected chi connectivity index (χ0v) is 25.7. The second-order valence-corrected chi connectivity index (χ2v) is 13.0. The van der Waals surface area contributed by atoms with E-state index in [9.17, 15) is 14.7 Å². The third-order valence-corrected chi connectivity index (χ3v) is 9.56. The highest BCUT2D eigenvalue weighted by atomic mass is 35.5. The van der Waals surface area contributed by atoms with Crippen molar-refractivity contribution in [1.82, 2.24) is 20.1 Å². The van der Waals surface area contributed by atoms with Crippen LogP contribution in [0.1, 0.15) is 60.3 Å². The van der Waals surface area contributed by atoms with Gasteiger partial charge in [-0.25, -0.2) is 4.98 Å². The highest BCUT2D eigenvalue weighted by molar-refractivity contribution is 6.36. The summed E-state index contributed by atoms with van der Waals surface area (Å²) in [6.07, 6.45) is 5.58. The van der Waals surface area contributed by atoms with Crippen molar-refractivity contribution in [2.24, 2.45) is 11.7 Å². The van der Waals surface area contributed by atoms with Gasteiger partial charge in [-0.2, -0.15) is 5.10 Å². The number of hydrogen-bond acceptors (Lipinski definition) is 7. The fraction of sp³-hybridized carbons (Fsp3) is 0.375. The second-order valence-electron chi connectivity index (χ2n) is 12.2. The van der Waals surface area contributed by atoms with Crippen LogP contribution in [0.4, 0.5) is 0 Å². The molecule has 10 nitrogen and oxygen atoms in total. The van der Waals surface area contributed by atoms with Gasteiger partial charge in [-0.15, -0.1) is 0 Å². The minimum Gasteiger partial charge on any atom is -0.494 e. The van der Waals surface area contributed by atoms with Crippen molar-refractivity contribution in [3.8, 4) is 22.8 Å². The van der Waals surface area contributed by atoms with E-state index in [1.165, 1.54) is 0 Å². The smallest absolute Gasteiger partial charge is 0.251 e. The van der Waals surface area contributed by atoms with Crippen LogP contribution in [0, 0.1) is 5.92 Å². The number of nitrogens with two attached hydrogens (primary N) is 1. The number of pyridine rings is 1. The third kappa shape index (κ3) is 4.76. The third-order valence-electron chi connectivity index (χ3n) is 9.01. The Morgan fingerprint density at radius 1 is 1.20 bits per heavy atom. The van der Waals surface area contributed by atoms with E-state index in [2.05, 4.69) is 10.4 Å². The Balaban J connectivity index is 1.26. The minimum atomic E-state index is -1.55. The molecule has 2 saturated carbocycles. The Labute approximate surface area is 263 Å². The number of ether oxygens (including phenoxy) is 2. The number of carbonyl (C=O) groups excluding carboxylic acids is 2. The number of aromatic nitrogens is 3. The van der Waals surface area contributed by atoms with E-state index in [0.29, 0.717) is 55.5 Å². The van der Waals surface area contributed by atoms with Gasteiger partial charge in [0.2, 0.25) is 5.91 Å². The Hall–Kier alpha value is -3.86. The van der Waals surface area contributed by atoms with Crippen LogP contribution >= 0.6 is 23.2 Å². The molecule has 2 aromatic heterocycles. The fourth-order valence-electron chi connectivity index (χ4n) is 5.93. The summed E-state index contributed by atoms with van der Waals surface area (Å²) in [5.41, 5.74) is 5.89. The van der Waals surface area contributed by atoms with Gasteiger partial charge in [-0.1, -0.05) is 23.2 Å². The normalized spacial score (nSPS) is 20.6. The number of benzene rings is 2. The van der Waals surface area contributed by atoms with Crippen molar-refractivity contribution in [3.63, 3.8) is 0 Å². The number of halogens is 2. The van der Waals surface area contributed by atoms with Crippen LogP contribution in [-0.4, -0.2) is 51.9 Å². The van der Waals surface area contributed by atoms with E-state index < -0.39 is 16.9 Å². The standard InChI is InChI=1S/C32H31Cl2N5O5/c1-31(30(35)41)15-44-28-22(31)12-25(37-27(28)21-8-5-19(33)11-23(21)34)32(42,18-3-4-18)14-36-29(40)16-9-17-13-39(20-6-7-20)38-26(17)24(10-16)43-2/h5,8-13,18,20,42H,3-4,6-7,14-15H2,1-2H3,(H2,35,41)(H,36,40)/t31-,32?/m0/s1. The van der Waals surface area contributed by atoms with Crippen LogP contribution < -0.4 is 20.5 Å². The Bertz CT molecular complexity index is 1850. The van der Waals surface area contributed by atoms with Gasteiger partial charge in [0.05, 0.1) is 30.4 Å². The van der Waals surface area contributed by atoms with E-state index in [1.807, 2.05) is 10.9 Å². The minimum absolute atomic E-state index is 0.0151. The predicted octanol–water partition coefficient (Wildman–Crippen LogP) is 4.91. The van der Waals surface area contributed by atoms with E-state index in [1.54, 1.807) is 50.4 Å². The zero-order chi connectivity index (χ0) is 31.0. The van der Waals surface area contributed by atoms with Gasteiger partial charge in [0.25, 0.3) is 5.91 Å². The van der Waals surface area contributed by atoms with Crippen molar-refractivity contribution >= 4 is 45.9 Å². The summed E-state index contributed by atoms with van der Waals surface area (Å²) in [5.74, 6) is -0.249. The summed E-state index contributed by atoms with van der Waals surface area (Å²) in [6.45, 7) is 1.60.